The highest BCUT2D eigenvalue weighted by Crippen LogP contribution is 2.19. The van der Waals surface area contributed by atoms with Crippen LogP contribution in [-0.4, -0.2) is 19.0 Å². The summed E-state index contributed by atoms with van der Waals surface area (Å²) < 4.78 is 11.4. The molecule has 0 aliphatic carbocycles. The molecule has 3 heteroatoms. The van der Waals surface area contributed by atoms with Crippen molar-refractivity contribution in [2.75, 3.05) is 6.61 Å². The first-order valence-electron chi connectivity index (χ1n) is 6.50. The number of nitrogens with zero attached hydrogens (tertiary/aromatic N) is 1. The van der Waals surface area contributed by atoms with Gasteiger partial charge >= 0.3 is 0 Å². The topological polar surface area (TPSA) is 42.2 Å². The fourth-order valence-electron chi connectivity index (χ4n) is 1.98. The molecule has 92 valence electrons. The van der Waals surface area contributed by atoms with Gasteiger partial charge in [-0.1, -0.05) is 26.2 Å². The molecule has 1 heterocycles. The fraction of sp³-hybridized carbons (Fsp3) is 0.923. The molecule has 2 atom stereocenters. The normalized spacial score (nSPS) is 22.6. The van der Waals surface area contributed by atoms with E-state index < -0.39 is 0 Å². The monoisotopic (exact) mass is 225 g/mol. The fourth-order valence-corrected chi connectivity index (χ4v) is 1.98. The number of nitriles is 1. The molecule has 0 saturated carbocycles. The smallest absolute Gasteiger partial charge is 0.157 e. The van der Waals surface area contributed by atoms with Crippen LogP contribution in [0.4, 0.5) is 0 Å². The van der Waals surface area contributed by atoms with Gasteiger partial charge in [0.15, 0.2) is 6.29 Å². The molecular formula is C13H23NO2. The summed E-state index contributed by atoms with van der Waals surface area (Å²) in [4.78, 5) is 0. The Bertz CT molecular complexity index is 206. The second-order valence-electron chi connectivity index (χ2n) is 4.41. The van der Waals surface area contributed by atoms with Gasteiger partial charge in [-0.15, -0.1) is 0 Å². The van der Waals surface area contributed by atoms with Crippen LogP contribution in [-0.2, 0) is 9.47 Å². The van der Waals surface area contributed by atoms with Gasteiger partial charge in [-0.2, -0.15) is 5.26 Å². The van der Waals surface area contributed by atoms with Crippen LogP contribution in [0.1, 0.15) is 58.3 Å². The summed E-state index contributed by atoms with van der Waals surface area (Å²) in [6.45, 7) is 2.99. The van der Waals surface area contributed by atoms with Crippen molar-refractivity contribution in [1.29, 1.82) is 5.26 Å². The van der Waals surface area contributed by atoms with E-state index in [2.05, 4.69) is 13.0 Å². The lowest BCUT2D eigenvalue weighted by molar-refractivity contribution is -0.188. The summed E-state index contributed by atoms with van der Waals surface area (Å²) in [5.41, 5.74) is 0. The van der Waals surface area contributed by atoms with Crippen molar-refractivity contribution in [1.82, 2.24) is 0 Å². The molecule has 1 saturated heterocycles. The van der Waals surface area contributed by atoms with Crippen molar-refractivity contribution < 1.29 is 9.47 Å². The van der Waals surface area contributed by atoms with Crippen LogP contribution < -0.4 is 0 Å². The highest BCUT2D eigenvalue weighted by atomic mass is 16.7. The van der Waals surface area contributed by atoms with E-state index >= 15 is 0 Å². The summed E-state index contributed by atoms with van der Waals surface area (Å²) in [6, 6.07) is 2.20. The second kappa shape index (κ2) is 8.55. The Morgan fingerprint density at radius 1 is 1.44 bits per heavy atom. The first kappa shape index (κ1) is 13.5. The van der Waals surface area contributed by atoms with Crippen molar-refractivity contribution in [3.63, 3.8) is 0 Å². The van der Waals surface area contributed by atoms with Crippen LogP contribution in [0.25, 0.3) is 0 Å². The summed E-state index contributed by atoms with van der Waals surface area (Å²) >= 11 is 0. The lowest BCUT2D eigenvalue weighted by Gasteiger charge is -2.26. The molecule has 0 aromatic rings. The van der Waals surface area contributed by atoms with Crippen molar-refractivity contribution in [3.05, 3.63) is 0 Å². The van der Waals surface area contributed by atoms with Gasteiger partial charge in [0.2, 0.25) is 0 Å². The Kier molecular flexibility index (Phi) is 7.20. The molecule has 3 nitrogen and oxygen atoms in total. The quantitative estimate of drug-likeness (QED) is 0.624. The number of hydrogen-bond donors (Lipinski definition) is 0. The first-order chi connectivity index (χ1) is 7.86. The predicted octanol–water partition coefficient (Wildman–Crippen LogP) is 3.39. The zero-order valence-corrected chi connectivity index (χ0v) is 10.3. The van der Waals surface area contributed by atoms with Crippen molar-refractivity contribution in [2.45, 2.75) is 70.7 Å². The van der Waals surface area contributed by atoms with E-state index in [1.54, 1.807) is 0 Å². The predicted molar refractivity (Wildman–Crippen MR) is 62.8 cm³/mol. The Balaban J connectivity index is 2.22. The Morgan fingerprint density at radius 3 is 2.94 bits per heavy atom. The maximum absolute atomic E-state index is 8.75. The molecule has 1 rings (SSSR count). The Hall–Kier alpha value is -0.590. The van der Waals surface area contributed by atoms with Gasteiger partial charge in [0, 0.05) is 6.61 Å². The average Bonchev–Trinajstić information content (AvgIpc) is 2.31. The highest BCUT2D eigenvalue weighted by Gasteiger charge is 2.19. The van der Waals surface area contributed by atoms with Gasteiger partial charge in [-0.3, -0.25) is 0 Å². The Morgan fingerprint density at radius 2 is 2.31 bits per heavy atom. The zero-order chi connectivity index (χ0) is 11.6. The number of rotatable bonds is 7. The molecular weight excluding hydrogens is 202 g/mol. The molecule has 0 N–H and O–H groups in total. The lowest BCUT2D eigenvalue weighted by Crippen LogP contribution is -2.27. The summed E-state index contributed by atoms with van der Waals surface area (Å²) in [5, 5.41) is 8.75. The molecule has 0 spiro atoms. The molecule has 0 bridgehead atoms. The maximum Gasteiger partial charge on any atom is 0.157 e. The van der Waals surface area contributed by atoms with Gasteiger partial charge in [0.05, 0.1) is 18.6 Å². The minimum atomic E-state index is -0.0614. The number of hydrogen-bond acceptors (Lipinski definition) is 3. The average molecular weight is 225 g/mol. The lowest BCUT2D eigenvalue weighted by atomic mass is 10.1. The first-order valence-corrected chi connectivity index (χ1v) is 6.50. The van der Waals surface area contributed by atoms with Gasteiger partial charge in [-0.25, -0.2) is 0 Å². The third-order valence-electron chi connectivity index (χ3n) is 2.93. The van der Waals surface area contributed by atoms with Crippen molar-refractivity contribution in [2.24, 2.45) is 0 Å². The largest absolute Gasteiger partial charge is 0.353 e. The molecule has 1 aliphatic heterocycles. The highest BCUT2D eigenvalue weighted by molar-refractivity contribution is 4.77. The zero-order valence-electron chi connectivity index (χ0n) is 10.3. The van der Waals surface area contributed by atoms with Gasteiger partial charge in [-0.05, 0) is 25.7 Å². The van der Waals surface area contributed by atoms with Crippen LogP contribution in [0.5, 0.6) is 0 Å². The van der Waals surface area contributed by atoms with Crippen LogP contribution in [0, 0.1) is 11.3 Å². The molecule has 0 aromatic carbocycles. The minimum Gasteiger partial charge on any atom is -0.353 e. The molecule has 16 heavy (non-hydrogen) atoms. The van der Waals surface area contributed by atoms with E-state index in [1.807, 2.05) is 0 Å². The number of ether oxygens (including phenoxy) is 2. The second-order valence-corrected chi connectivity index (χ2v) is 4.41. The van der Waals surface area contributed by atoms with E-state index in [-0.39, 0.29) is 12.4 Å². The third kappa shape index (κ3) is 5.48. The summed E-state index contributed by atoms with van der Waals surface area (Å²) in [5.74, 6) is 0. The van der Waals surface area contributed by atoms with Crippen LogP contribution in [0.2, 0.25) is 0 Å². The van der Waals surface area contributed by atoms with E-state index in [0.29, 0.717) is 6.42 Å². The van der Waals surface area contributed by atoms with Gasteiger partial charge < -0.3 is 9.47 Å². The molecule has 2 unspecified atom stereocenters. The van der Waals surface area contributed by atoms with E-state index in [1.165, 1.54) is 19.3 Å². The van der Waals surface area contributed by atoms with Gasteiger partial charge in [0.25, 0.3) is 0 Å². The van der Waals surface area contributed by atoms with Crippen LogP contribution in [0.15, 0.2) is 0 Å². The Labute approximate surface area is 98.7 Å². The standard InChI is InChI=1S/C13H23NO2/c1-2-3-4-7-12(9-10-14)16-13-8-5-6-11-15-13/h12-13H,2-9,11H2,1H3. The third-order valence-corrected chi connectivity index (χ3v) is 2.93. The van der Waals surface area contributed by atoms with E-state index in [0.717, 1.165) is 32.3 Å². The van der Waals surface area contributed by atoms with Crippen LogP contribution >= 0.6 is 0 Å². The van der Waals surface area contributed by atoms with Gasteiger partial charge in [0.1, 0.15) is 0 Å². The molecule has 0 amide bonds. The summed E-state index contributed by atoms with van der Waals surface area (Å²) in [7, 11) is 0. The van der Waals surface area contributed by atoms with E-state index in [9.17, 15) is 0 Å². The van der Waals surface area contributed by atoms with Crippen LogP contribution in [0.3, 0.4) is 0 Å². The summed E-state index contributed by atoms with van der Waals surface area (Å²) in [6.07, 6.45) is 8.36. The SMILES string of the molecule is CCCCCC(CC#N)OC1CCCCO1. The number of unbranched alkanes of at least 4 members (excludes halogenated alkanes) is 2. The molecule has 0 aromatic heterocycles. The maximum atomic E-state index is 8.75. The minimum absolute atomic E-state index is 0.0614. The molecule has 0 radical (unpaired) electrons. The molecule has 1 fully saturated rings. The van der Waals surface area contributed by atoms with Crippen molar-refractivity contribution >= 4 is 0 Å². The van der Waals surface area contributed by atoms with Crippen molar-refractivity contribution in [3.8, 4) is 6.07 Å². The molecule has 1 aliphatic rings. The van der Waals surface area contributed by atoms with E-state index in [4.69, 9.17) is 14.7 Å².